The van der Waals surface area contributed by atoms with Crippen LogP contribution in [-0.2, 0) is 0 Å². The van der Waals surface area contributed by atoms with Gasteiger partial charge in [0.2, 0.25) is 0 Å². The lowest BCUT2D eigenvalue weighted by molar-refractivity contribution is -0.380. The monoisotopic (exact) mass is 531 g/mol. The number of imidazole rings is 3. The number of aryl methyl sites for hydroxylation is 3. The van der Waals surface area contributed by atoms with Crippen molar-refractivity contribution in [2.75, 3.05) is 0 Å². The van der Waals surface area contributed by atoms with Crippen molar-refractivity contribution in [3.63, 3.8) is 0 Å². The van der Waals surface area contributed by atoms with E-state index in [0.29, 0.717) is 23.5 Å². The summed E-state index contributed by atoms with van der Waals surface area (Å²) in [4.78, 5) is 47.9. The molecule has 0 amide bonds. The minimum atomic E-state index is -1.79. The molecular formula is C24H21N9O6. The van der Waals surface area contributed by atoms with E-state index in [1.165, 1.54) is 0 Å². The van der Waals surface area contributed by atoms with E-state index in [-0.39, 0.29) is 0 Å². The molecule has 0 radical (unpaired) electrons. The highest BCUT2D eigenvalue weighted by atomic mass is 16.4. The first kappa shape index (κ1) is 30.8. The van der Waals surface area contributed by atoms with Crippen LogP contribution >= 0.6 is 0 Å². The first-order chi connectivity index (χ1) is 18.4. The fraction of sp³-hybridized carbons (Fsp3) is 0.125. The molecule has 0 saturated carbocycles. The van der Waals surface area contributed by atoms with Crippen LogP contribution in [0.1, 0.15) is 65.6 Å². The summed E-state index contributed by atoms with van der Waals surface area (Å²) in [6, 6.07) is 8.18. The molecule has 0 aliphatic carbocycles. The summed E-state index contributed by atoms with van der Waals surface area (Å²) in [5.74, 6) is -3.62. The molecule has 0 fully saturated rings. The van der Waals surface area contributed by atoms with E-state index in [2.05, 4.69) is 29.9 Å². The van der Waals surface area contributed by atoms with E-state index in [9.17, 15) is 29.7 Å². The number of hydrogen-bond acceptors (Lipinski definition) is 9. The summed E-state index contributed by atoms with van der Waals surface area (Å²) < 4.78 is 0. The molecule has 15 heteroatoms. The lowest BCUT2D eigenvalue weighted by Crippen LogP contribution is -2.31. The van der Waals surface area contributed by atoms with Crippen LogP contribution in [0, 0.1) is 54.8 Å². The van der Waals surface area contributed by atoms with Crippen LogP contribution in [-0.4, -0.2) is 32.9 Å². The van der Waals surface area contributed by atoms with Crippen LogP contribution in [0.2, 0.25) is 0 Å². The Morgan fingerprint density at radius 1 is 0.641 bits per heavy atom. The molecule has 0 spiro atoms. The van der Waals surface area contributed by atoms with Gasteiger partial charge >= 0.3 is 17.5 Å². The molecule has 6 N–H and O–H groups in total. The Labute approximate surface area is 220 Å². The van der Waals surface area contributed by atoms with E-state index in [1.807, 2.05) is 39.0 Å². The predicted octanol–water partition coefficient (Wildman–Crippen LogP) is -3.20. The molecule has 198 valence electrons. The van der Waals surface area contributed by atoms with Gasteiger partial charge in [-0.05, 0) is 11.6 Å². The van der Waals surface area contributed by atoms with Gasteiger partial charge in [-0.25, -0.2) is 29.9 Å². The molecule has 0 atom stereocenters. The molecule has 3 aromatic heterocycles. The van der Waals surface area contributed by atoms with Crippen LogP contribution in [0.15, 0.2) is 36.8 Å². The molecule has 0 aliphatic rings. The summed E-state index contributed by atoms with van der Waals surface area (Å²) in [7, 11) is 0. The highest BCUT2D eigenvalue weighted by Gasteiger charge is 2.06. The van der Waals surface area contributed by atoms with Crippen molar-refractivity contribution in [2.45, 2.75) is 20.8 Å². The number of aromatic nitrogens is 6. The smallest absolute Gasteiger partial charge is 0.357 e. The van der Waals surface area contributed by atoms with E-state index < -0.39 is 34.6 Å². The Hall–Kier alpha value is -6.27. The lowest BCUT2D eigenvalue weighted by Gasteiger charge is -2.13. The summed E-state index contributed by atoms with van der Waals surface area (Å²) in [6.07, 6.45) is 5.25. The van der Waals surface area contributed by atoms with Gasteiger partial charge in [0.15, 0.2) is 18.2 Å². The Morgan fingerprint density at radius 3 is 1.21 bits per heavy atom. The van der Waals surface area contributed by atoms with Crippen LogP contribution in [0.25, 0.3) is 0 Å². The Bertz CT molecular complexity index is 1460. The molecule has 1 aromatic carbocycles. The first-order valence-corrected chi connectivity index (χ1v) is 10.6. The summed E-state index contributed by atoms with van der Waals surface area (Å²) in [6.45, 7) is 5.66. The summed E-state index contributed by atoms with van der Waals surface area (Å²) in [5.41, 5.74) is 1.08. The maximum atomic E-state index is 10.5. The van der Waals surface area contributed by atoms with Gasteiger partial charge in [-0.1, -0.05) is 12.1 Å². The van der Waals surface area contributed by atoms with Crippen molar-refractivity contribution in [1.29, 1.82) is 15.8 Å². The maximum Gasteiger partial charge on any atom is 0.357 e. The van der Waals surface area contributed by atoms with Crippen molar-refractivity contribution in [1.82, 2.24) is 15.0 Å². The average Bonchev–Trinajstić information content (AvgIpc) is 3.65. The van der Waals surface area contributed by atoms with Crippen molar-refractivity contribution < 1.29 is 44.7 Å². The van der Waals surface area contributed by atoms with Crippen LogP contribution < -0.4 is 30.3 Å². The number of carbonyl (C=O) groups excluding carboxylic acids is 3. The third-order valence-corrected chi connectivity index (χ3v) is 4.30. The molecule has 0 aliphatic heterocycles. The van der Waals surface area contributed by atoms with Crippen molar-refractivity contribution >= 4 is 17.9 Å². The number of nitrogens with one attached hydrogen (secondary N) is 6. The van der Waals surface area contributed by atoms with Crippen LogP contribution in [0.4, 0.5) is 0 Å². The molecule has 0 unspecified atom stereocenters. The fourth-order valence-corrected chi connectivity index (χ4v) is 2.55. The number of aromatic amines is 6. The first-order valence-electron chi connectivity index (χ1n) is 10.6. The zero-order valence-corrected chi connectivity index (χ0v) is 20.8. The van der Waals surface area contributed by atoms with Gasteiger partial charge in [0.05, 0.1) is 17.9 Å². The van der Waals surface area contributed by atoms with Crippen molar-refractivity contribution in [3.8, 4) is 18.2 Å². The Balaban J connectivity index is 0.000000273. The van der Waals surface area contributed by atoms with Gasteiger partial charge < -0.3 is 29.7 Å². The number of hydrogen-bond donors (Lipinski definition) is 3. The fourth-order valence-electron chi connectivity index (χ4n) is 2.55. The quantitative estimate of drug-likeness (QED) is 0.239. The minimum absolute atomic E-state index is 0.445. The normalized spacial score (nSPS) is 8.92. The maximum absolute atomic E-state index is 10.5. The third kappa shape index (κ3) is 10.5. The Morgan fingerprint density at radius 2 is 1.00 bits per heavy atom. The van der Waals surface area contributed by atoms with Gasteiger partial charge in [0, 0.05) is 31.9 Å². The molecule has 4 rings (SSSR count). The molecule has 15 nitrogen and oxygen atoms in total. The number of carbonyl (C=O) groups is 3. The van der Waals surface area contributed by atoms with Gasteiger partial charge in [0.1, 0.15) is 35.7 Å². The van der Waals surface area contributed by atoms with E-state index >= 15 is 0 Å². The number of nitrogens with zero attached hydrogens (tertiary/aromatic N) is 3. The molecule has 0 saturated heterocycles. The second kappa shape index (κ2) is 15.0. The van der Waals surface area contributed by atoms with Crippen molar-refractivity contribution in [2.24, 2.45) is 0 Å². The second-order valence-corrected chi connectivity index (χ2v) is 7.37. The Kier molecular flexibility index (Phi) is 11.8. The number of carboxylic acids is 3. The highest BCUT2D eigenvalue weighted by Crippen LogP contribution is 2.10. The minimum Gasteiger partial charge on any atom is -0.545 e. The summed E-state index contributed by atoms with van der Waals surface area (Å²) in [5, 5.41) is 56.0. The second-order valence-electron chi connectivity index (χ2n) is 7.37. The number of H-pyrrole nitrogens is 6. The zero-order chi connectivity index (χ0) is 29.5. The highest BCUT2D eigenvalue weighted by molar-refractivity contribution is 6.02. The number of carboxylic acid groups (broad SMARTS) is 3. The standard InChI is InChI=1S/C9H6O6.3C5H5N3/c10-7(11)4-1-2-5(8(12)13)6(3-4)9(14)15;3*1-4-3-7-5(2-6)8-4/h1-3H,(H,10,11)(H,12,13)(H,14,15);3*3H,1H3,(H,7,8). The van der Waals surface area contributed by atoms with Crippen molar-refractivity contribution in [3.05, 3.63) is 88.0 Å². The SMILES string of the molecule is Cc1c[nH+]c(C#N)[nH]1.Cc1c[nH+]c(C#N)[nH]1.Cc1c[nH+]c(C#N)[nH]1.O=C([O-])c1ccc(C(=O)[O-])c(C(=O)[O-])c1. The number of nitriles is 3. The topological polar surface area (TPSA) is 282 Å². The average molecular weight is 531 g/mol. The summed E-state index contributed by atoms with van der Waals surface area (Å²) >= 11 is 0. The number of benzene rings is 1. The predicted molar refractivity (Wildman–Crippen MR) is 120 cm³/mol. The van der Waals surface area contributed by atoms with Gasteiger partial charge in [-0.15, -0.1) is 0 Å². The molecular weight excluding hydrogens is 510 g/mol. The third-order valence-electron chi connectivity index (χ3n) is 4.30. The van der Waals surface area contributed by atoms with Gasteiger partial charge in [-0.3, -0.25) is 0 Å². The molecule has 3 heterocycles. The van der Waals surface area contributed by atoms with Gasteiger partial charge in [-0.2, -0.15) is 15.8 Å². The van der Waals surface area contributed by atoms with E-state index in [1.54, 1.807) is 18.6 Å². The molecule has 0 bridgehead atoms. The largest absolute Gasteiger partial charge is 0.545 e. The zero-order valence-electron chi connectivity index (χ0n) is 20.8. The molecule has 4 aromatic rings. The lowest BCUT2D eigenvalue weighted by atomic mass is 10.0. The van der Waals surface area contributed by atoms with Gasteiger partial charge in [0.25, 0.3) is 0 Å². The number of rotatable bonds is 3. The van der Waals surface area contributed by atoms with E-state index in [0.717, 1.165) is 29.2 Å². The number of aromatic carboxylic acids is 3. The van der Waals surface area contributed by atoms with E-state index in [4.69, 9.17) is 15.8 Å². The van der Waals surface area contributed by atoms with Crippen LogP contribution in [0.3, 0.4) is 0 Å². The molecule has 39 heavy (non-hydrogen) atoms. The van der Waals surface area contributed by atoms with Crippen LogP contribution in [0.5, 0.6) is 0 Å².